The molecule has 1 atom stereocenters. The zero-order valence-electron chi connectivity index (χ0n) is 8.86. The van der Waals surface area contributed by atoms with Crippen LogP contribution in [0.25, 0.3) is 11.0 Å². The number of benzene rings is 1. The highest BCUT2D eigenvalue weighted by molar-refractivity contribution is 5.80. The molecule has 1 unspecified atom stereocenters. The van der Waals surface area contributed by atoms with Crippen LogP contribution in [0.1, 0.15) is 23.8 Å². The van der Waals surface area contributed by atoms with Gasteiger partial charge in [-0.2, -0.15) is 0 Å². The Morgan fingerprint density at radius 3 is 3.00 bits per heavy atom. The van der Waals surface area contributed by atoms with Gasteiger partial charge in [0.25, 0.3) is 0 Å². The Morgan fingerprint density at radius 1 is 1.53 bits per heavy atom. The van der Waals surface area contributed by atoms with Gasteiger partial charge >= 0.3 is 0 Å². The monoisotopic (exact) mass is 201 g/mol. The van der Waals surface area contributed by atoms with Crippen LogP contribution in [-0.2, 0) is 0 Å². The molecule has 0 bridgehead atoms. The fourth-order valence-electron chi connectivity index (χ4n) is 1.71. The summed E-state index contributed by atoms with van der Waals surface area (Å²) >= 11 is 0. The Hall–Kier alpha value is -1.54. The number of furan rings is 1. The second-order valence-corrected chi connectivity index (χ2v) is 3.77. The summed E-state index contributed by atoms with van der Waals surface area (Å²) in [5.41, 5.74) is 8.03. The smallest absolute Gasteiger partial charge is 0.137 e. The summed E-state index contributed by atoms with van der Waals surface area (Å²) in [5.74, 6) is 0.833. The molecule has 0 saturated heterocycles. The molecule has 2 aromatic rings. The molecule has 2 heteroatoms. The highest BCUT2D eigenvalue weighted by Gasteiger charge is 2.11. The van der Waals surface area contributed by atoms with Crippen LogP contribution in [0.5, 0.6) is 0 Å². The first-order valence-corrected chi connectivity index (χ1v) is 5.08. The summed E-state index contributed by atoms with van der Waals surface area (Å²) in [7, 11) is 0. The van der Waals surface area contributed by atoms with Crippen molar-refractivity contribution in [1.29, 1.82) is 0 Å². The number of fused-ring (bicyclic) bond motifs is 1. The number of hydrogen-bond donors (Lipinski definition) is 1. The van der Waals surface area contributed by atoms with Gasteiger partial charge in [0.1, 0.15) is 11.3 Å². The molecule has 0 spiro atoms. The predicted octanol–water partition coefficient (Wildman–Crippen LogP) is 3.32. The van der Waals surface area contributed by atoms with E-state index in [0.717, 1.165) is 28.7 Å². The van der Waals surface area contributed by atoms with E-state index in [9.17, 15) is 0 Å². The number of hydrogen-bond acceptors (Lipinski definition) is 2. The van der Waals surface area contributed by atoms with Crippen molar-refractivity contribution in [2.45, 2.75) is 19.4 Å². The zero-order valence-corrected chi connectivity index (χ0v) is 8.86. The van der Waals surface area contributed by atoms with E-state index in [1.807, 2.05) is 37.3 Å². The first-order valence-electron chi connectivity index (χ1n) is 5.08. The van der Waals surface area contributed by atoms with E-state index >= 15 is 0 Å². The van der Waals surface area contributed by atoms with E-state index in [1.165, 1.54) is 0 Å². The Balaban J connectivity index is 2.47. The summed E-state index contributed by atoms with van der Waals surface area (Å²) in [5, 5.41) is 1.12. The molecule has 0 aliphatic rings. The predicted molar refractivity (Wildman–Crippen MR) is 62.7 cm³/mol. The lowest BCUT2D eigenvalue weighted by atomic mass is 10.1. The summed E-state index contributed by atoms with van der Waals surface area (Å²) in [4.78, 5) is 0. The molecule has 15 heavy (non-hydrogen) atoms. The van der Waals surface area contributed by atoms with Crippen molar-refractivity contribution < 1.29 is 4.42 Å². The molecule has 2 rings (SSSR count). The first kappa shape index (κ1) is 9.99. The van der Waals surface area contributed by atoms with Crippen LogP contribution >= 0.6 is 0 Å². The van der Waals surface area contributed by atoms with Gasteiger partial charge in [0, 0.05) is 5.39 Å². The maximum atomic E-state index is 5.95. The molecule has 2 N–H and O–H groups in total. The van der Waals surface area contributed by atoms with Crippen LogP contribution < -0.4 is 5.73 Å². The van der Waals surface area contributed by atoms with Crippen LogP contribution in [0.4, 0.5) is 0 Å². The molecule has 78 valence electrons. The lowest BCUT2D eigenvalue weighted by Gasteiger charge is -2.03. The Morgan fingerprint density at radius 2 is 2.33 bits per heavy atom. The summed E-state index contributed by atoms with van der Waals surface area (Å²) in [6.07, 6.45) is 2.55. The number of para-hydroxylation sites is 1. The third-order valence-corrected chi connectivity index (χ3v) is 2.55. The number of rotatable bonds is 3. The lowest BCUT2D eigenvalue weighted by Crippen LogP contribution is -2.07. The zero-order chi connectivity index (χ0) is 10.8. The molecule has 1 aromatic heterocycles. The molecular formula is C13H15NO. The van der Waals surface area contributed by atoms with Crippen LogP contribution in [0.15, 0.2) is 41.3 Å². The van der Waals surface area contributed by atoms with Gasteiger partial charge in [-0.15, -0.1) is 6.58 Å². The first-order chi connectivity index (χ1) is 7.22. The van der Waals surface area contributed by atoms with Gasteiger partial charge in [0.05, 0.1) is 6.04 Å². The quantitative estimate of drug-likeness (QED) is 0.774. The van der Waals surface area contributed by atoms with Crippen molar-refractivity contribution in [3.8, 4) is 0 Å². The fourth-order valence-corrected chi connectivity index (χ4v) is 1.71. The Kier molecular flexibility index (Phi) is 2.60. The number of nitrogens with two attached hydrogens (primary N) is 1. The van der Waals surface area contributed by atoms with Crippen LogP contribution in [0.2, 0.25) is 0 Å². The largest absolute Gasteiger partial charge is 0.459 e. The van der Waals surface area contributed by atoms with Gasteiger partial charge in [-0.05, 0) is 25.0 Å². The van der Waals surface area contributed by atoms with E-state index < -0.39 is 0 Å². The van der Waals surface area contributed by atoms with Crippen molar-refractivity contribution in [3.63, 3.8) is 0 Å². The second kappa shape index (κ2) is 3.91. The molecule has 1 aromatic carbocycles. The molecule has 0 saturated carbocycles. The van der Waals surface area contributed by atoms with Gasteiger partial charge in [-0.1, -0.05) is 24.3 Å². The highest BCUT2D eigenvalue weighted by atomic mass is 16.3. The Bertz CT molecular complexity index is 484. The molecular weight excluding hydrogens is 186 g/mol. The molecule has 1 heterocycles. The molecule has 0 aliphatic carbocycles. The van der Waals surface area contributed by atoms with Crippen molar-refractivity contribution >= 4 is 11.0 Å². The van der Waals surface area contributed by atoms with Crippen molar-refractivity contribution in [1.82, 2.24) is 0 Å². The molecule has 2 nitrogen and oxygen atoms in total. The van der Waals surface area contributed by atoms with E-state index in [4.69, 9.17) is 10.2 Å². The summed E-state index contributed by atoms with van der Waals surface area (Å²) in [6, 6.07) is 8.02. The fraction of sp³-hybridized carbons (Fsp3) is 0.231. The molecule has 0 radical (unpaired) electrons. The molecule has 0 aliphatic heterocycles. The summed E-state index contributed by atoms with van der Waals surface area (Å²) in [6.45, 7) is 5.71. The average Bonchev–Trinajstić information content (AvgIpc) is 2.63. The van der Waals surface area contributed by atoms with Gasteiger partial charge in [0.2, 0.25) is 0 Å². The topological polar surface area (TPSA) is 39.2 Å². The average molecular weight is 201 g/mol. The van der Waals surface area contributed by atoms with Crippen LogP contribution in [0.3, 0.4) is 0 Å². The van der Waals surface area contributed by atoms with Gasteiger partial charge in [0.15, 0.2) is 0 Å². The SMILES string of the molecule is C=CCC(N)c1cc2cccc(C)c2o1. The third-order valence-electron chi connectivity index (χ3n) is 2.55. The maximum Gasteiger partial charge on any atom is 0.137 e. The minimum Gasteiger partial charge on any atom is -0.459 e. The standard InChI is InChI=1S/C13H15NO/c1-3-5-11(14)12-8-10-7-4-6-9(2)13(10)15-12/h3-4,6-8,11H,1,5,14H2,2H3. The second-order valence-electron chi connectivity index (χ2n) is 3.77. The minimum atomic E-state index is -0.0886. The third kappa shape index (κ3) is 1.81. The van der Waals surface area contributed by atoms with Gasteiger partial charge in [-0.3, -0.25) is 0 Å². The van der Waals surface area contributed by atoms with Gasteiger partial charge in [-0.25, -0.2) is 0 Å². The van der Waals surface area contributed by atoms with Crippen molar-refractivity contribution in [2.24, 2.45) is 5.73 Å². The van der Waals surface area contributed by atoms with E-state index in [1.54, 1.807) is 0 Å². The van der Waals surface area contributed by atoms with Crippen molar-refractivity contribution in [3.05, 3.63) is 48.2 Å². The lowest BCUT2D eigenvalue weighted by molar-refractivity contribution is 0.496. The molecule has 0 amide bonds. The number of aryl methyl sites for hydroxylation is 1. The van der Waals surface area contributed by atoms with Crippen LogP contribution in [-0.4, -0.2) is 0 Å². The van der Waals surface area contributed by atoms with E-state index in [2.05, 4.69) is 6.58 Å². The van der Waals surface area contributed by atoms with Gasteiger partial charge < -0.3 is 10.2 Å². The van der Waals surface area contributed by atoms with E-state index in [0.29, 0.717) is 0 Å². The molecule has 0 fully saturated rings. The minimum absolute atomic E-state index is 0.0886. The Labute approximate surface area is 89.4 Å². The van der Waals surface area contributed by atoms with E-state index in [-0.39, 0.29) is 6.04 Å². The maximum absolute atomic E-state index is 5.95. The van der Waals surface area contributed by atoms with Crippen molar-refractivity contribution in [2.75, 3.05) is 0 Å². The highest BCUT2D eigenvalue weighted by Crippen LogP contribution is 2.26. The summed E-state index contributed by atoms with van der Waals surface area (Å²) < 4.78 is 5.74. The normalized spacial score (nSPS) is 12.9. The van der Waals surface area contributed by atoms with Crippen LogP contribution in [0, 0.1) is 6.92 Å².